The van der Waals surface area contributed by atoms with E-state index >= 15 is 0 Å². The molecule has 0 amide bonds. The monoisotopic (exact) mass is 379 g/mol. The summed E-state index contributed by atoms with van der Waals surface area (Å²) in [6.45, 7) is 8.13. The second kappa shape index (κ2) is 6.78. The van der Waals surface area contributed by atoms with E-state index in [0.29, 0.717) is 11.3 Å². The second-order valence-electron chi connectivity index (χ2n) is 7.42. The summed E-state index contributed by atoms with van der Waals surface area (Å²) in [5.74, 6) is 0.407. The lowest BCUT2D eigenvalue weighted by atomic mass is 9.76. The van der Waals surface area contributed by atoms with Gasteiger partial charge >= 0.3 is 5.97 Å². The number of nitro benzene ring substituents is 1. The number of nitro groups is 1. The number of benzene rings is 2. The van der Waals surface area contributed by atoms with Crippen LogP contribution in [0.5, 0.6) is 5.75 Å². The van der Waals surface area contributed by atoms with Crippen molar-refractivity contribution >= 4 is 11.7 Å². The molecule has 144 valence electrons. The number of carbonyl (C=O) groups excluding carboxylic acids is 1. The Morgan fingerprint density at radius 1 is 1.32 bits per heavy atom. The van der Waals surface area contributed by atoms with Crippen LogP contribution in [-0.4, -0.2) is 10.9 Å². The van der Waals surface area contributed by atoms with E-state index in [4.69, 9.17) is 9.47 Å². The molecule has 6 heteroatoms. The Bertz CT molecular complexity index is 1010. The molecule has 0 aromatic heterocycles. The van der Waals surface area contributed by atoms with Crippen molar-refractivity contribution in [3.8, 4) is 5.75 Å². The molecule has 2 aromatic carbocycles. The van der Waals surface area contributed by atoms with E-state index in [9.17, 15) is 14.9 Å². The first-order valence-electron chi connectivity index (χ1n) is 9.25. The molecule has 0 unspecified atom stereocenters. The Labute approximate surface area is 162 Å². The maximum Gasteiger partial charge on any atom is 0.334 e. The number of fused-ring (bicyclic) bond motifs is 3. The summed E-state index contributed by atoms with van der Waals surface area (Å²) in [4.78, 5) is 22.6. The van der Waals surface area contributed by atoms with E-state index in [2.05, 4.69) is 6.58 Å². The number of esters is 1. The van der Waals surface area contributed by atoms with Crippen LogP contribution in [0.3, 0.4) is 0 Å². The van der Waals surface area contributed by atoms with Gasteiger partial charge in [-0.3, -0.25) is 10.1 Å². The van der Waals surface area contributed by atoms with Crippen LogP contribution in [0.25, 0.3) is 0 Å². The van der Waals surface area contributed by atoms with Crippen LogP contribution in [-0.2, 0) is 22.6 Å². The lowest BCUT2D eigenvalue weighted by Gasteiger charge is -2.30. The lowest BCUT2D eigenvalue weighted by molar-refractivity contribution is -0.384. The molecule has 2 aromatic rings. The largest absolute Gasteiger partial charge is 0.489 e. The van der Waals surface area contributed by atoms with Gasteiger partial charge in [0.15, 0.2) is 0 Å². The maximum atomic E-state index is 12.0. The molecule has 1 saturated heterocycles. The van der Waals surface area contributed by atoms with Crippen molar-refractivity contribution in [1.29, 1.82) is 0 Å². The number of aryl methyl sites for hydroxylation is 1. The van der Waals surface area contributed by atoms with Crippen LogP contribution >= 0.6 is 0 Å². The number of hydrogen-bond acceptors (Lipinski definition) is 5. The van der Waals surface area contributed by atoms with Gasteiger partial charge < -0.3 is 9.47 Å². The van der Waals surface area contributed by atoms with E-state index < -0.39 is 4.92 Å². The Balaban J connectivity index is 1.65. The van der Waals surface area contributed by atoms with Crippen LogP contribution in [0.1, 0.15) is 40.3 Å². The summed E-state index contributed by atoms with van der Waals surface area (Å²) in [7, 11) is 0. The molecule has 0 saturated carbocycles. The molecule has 1 fully saturated rings. The molecule has 1 aliphatic heterocycles. The molecule has 1 aliphatic carbocycles. The van der Waals surface area contributed by atoms with Gasteiger partial charge in [0.2, 0.25) is 0 Å². The topological polar surface area (TPSA) is 78.7 Å². The minimum atomic E-state index is -0.417. The Kier molecular flexibility index (Phi) is 4.41. The van der Waals surface area contributed by atoms with E-state index in [0.717, 1.165) is 35.1 Å². The minimum Gasteiger partial charge on any atom is -0.489 e. The van der Waals surface area contributed by atoms with Gasteiger partial charge in [-0.15, -0.1) is 0 Å². The molecular formula is C22H21NO5. The normalized spacial score (nSPS) is 20.4. The summed E-state index contributed by atoms with van der Waals surface area (Å²) in [5, 5.41) is 11.0. The molecule has 0 radical (unpaired) electrons. The predicted octanol–water partition coefficient (Wildman–Crippen LogP) is 4.51. The maximum absolute atomic E-state index is 12.0. The standard InChI is InChI=1S/C22H21NO5/c1-12-9-19(27-11-15-5-4-6-16(10-15)23(25)26)14(3)20-17(12)7-8-18-13(2)22(24)28-21(18)20/h4-6,9-10,18,21H,2,7-8,11H2,1,3H3/t18-,21+/m0/s1. The molecule has 0 bridgehead atoms. The third kappa shape index (κ3) is 2.95. The zero-order valence-corrected chi connectivity index (χ0v) is 15.9. The molecular weight excluding hydrogens is 358 g/mol. The zero-order chi connectivity index (χ0) is 20.0. The molecule has 2 aliphatic rings. The highest BCUT2D eigenvalue weighted by Crippen LogP contribution is 2.49. The summed E-state index contributed by atoms with van der Waals surface area (Å²) in [6, 6.07) is 8.42. The van der Waals surface area contributed by atoms with Crippen molar-refractivity contribution in [2.24, 2.45) is 5.92 Å². The highest BCUT2D eigenvalue weighted by molar-refractivity contribution is 5.91. The Morgan fingerprint density at radius 2 is 2.11 bits per heavy atom. The van der Waals surface area contributed by atoms with Crippen molar-refractivity contribution in [2.45, 2.75) is 39.4 Å². The molecule has 0 N–H and O–H groups in total. The zero-order valence-electron chi connectivity index (χ0n) is 15.9. The molecule has 1 heterocycles. The van der Waals surface area contributed by atoms with Crippen molar-refractivity contribution in [3.05, 3.63) is 80.4 Å². The van der Waals surface area contributed by atoms with Crippen LogP contribution in [0.4, 0.5) is 5.69 Å². The number of nitrogens with zero attached hydrogens (tertiary/aromatic N) is 1. The third-order valence-corrected chi connectivity index (χ3v) is 5.74. The van der Waals surface area contributed by atoms with Gasteiger partial charge in [0.05, 0.1) is 4.92 Å². The quantitative estimate of drug-likeness (QED) is 0.338. The number of hydrogen-bond donors (Lipinski definition) is 0. The first kappa shape index (κ1) is 18.2. The number of carbonyl (C=O) groups is 1. The third-order valence-electron chi connectivity index (χ3n) is 5.74. The molecule has 0 spiro atoms. The molecule has 4 rings (SSSR count). The second-order valence-corrected chi connectivity index (χ2v) is 7.42. The lowest BCUT2D eigenvalue weighted by Crippen LogP contribution is -2.20. The van der Waals surface area contributed by atoms with Crippen LogP contribution in [0.2, 0.25) is 0 Å². The SMILES string of the molecule is C=C1C(=O)O[C@H]2c3c(C)c(OCc4cccc([N+](=O)[O-])c4)cc(C)c3CC[C@@H]12. The van der Waals surface area contributed by atoms with E-state index in [-0.39, 0.29) is 30.3 Å². The van der Waals surface area contributed by atoms with Gasteiger partial charge in [0.25, 0.3) is 5.69 Å². The van der Waals surface area contributed by atoms with Crippen molar-refractivity contribution in [1.82, 2.24) is 0 Å². The summed E-state index contributed by atoms with van der Waals surface area (Å²) >= 11 is 0. The smallest absolute Gasteiger partial charge is 0.334 e. The summed E-state index contributed by atoms with van der Waals surface area (Å²) < 4.78 is 11.7. The van der Waals surface area contributed by atoms with Gasteiger partial charge in [-0.1, -0.05) is 18.7 Å². The number of non-ortho nitro benzene ring substituents is 1. The van der Waals surface area contributed by atoms with E-state index in [1.54, 1.807) is 12.1 Å². The summed E-state index contributed by atoms with van der Waals surface area (Å²) in [6.07, 6.45) is 1.43. The fourth-order valence-corrected chi connectivity index (χ4v) is 4.24. The van der Waals surface area contributed by atoms with Crippen molar-refractivity contribution in [3.63, 3.8) is 0 Å². The minimum absolute atomic E-state index is 0.0186. The van der Waals surface area contributed by atoms with Crippen LogP contribution < -0.4 is 4.74 Å². The highest BCUT2D eigenvalue weighted by atomic mass is 16.6. The fourth-order valence-electron chi connectivity index (χ4n) is 4.24. The van der Waals surface area contributed by atoms with E-state index in [1.165, 1.54) is 17.7 Å². The average Bonchev–Trinajstić information content (AvgIpc) is 2.97. The Hall–Kier alpha value is -3.15. The highest BCUT2D eigenvalue weighted by Gasteiger charge is 2.44. The predicted molar refractivity (Wildman–Crippen MR) is 103 cm³/mol. The Morgan fingerprint density at radius 3 is 2.86 bits per heavy atom. The number of rotatable bonds is 4. The van der Waals surface area contributed by atoms with Crippen molar-refractivity contribution in [2.75, 3.05) is 0 Å². The van der Waals surface area contributed by atoms with Gasteiger partial charge in [-0.05, 0) is 55.0 Å². The first-order valence-corrected chi connectivity index (χ1v) is 9.25. The fraction of sp³-hybridized carbons (Fsp3) is 0.318. The van der Waals surface area contributed by atoms with Crippen LogP contribution in [0.15, 0.2) is 42.5 Å². The summed E-state index contributed by atoms with van der Waals surface area (Å²) in [5.41, 5.74) is 5.60. The molecule has 28 heavy (non-hydrogen) atoms. The van der Waals surface area contributed by atoms with Crippen LogP contribution in [0, 0.1) is 29.9 Å². The molecule has 6 nitrogen and oxygen atoms in total. The van der Waals surface area contributed by atoms with Gasteiger partial charge in [-0.2, -0.15) is 0 Å². The number of ether oxygens (including phenoxy) is 2. The first-order chi connectivity index (χ1) is 13.4. The van der Waals surface area contributed by atoms with Gasteiger partial charge in [0, 0.05) is 29.2 Å². The van der Waals surface area contributed by atoms with Gasteiger partial charge in [0.1, 0.15) is 18.5 Å². The average molecular weight is 379 g/mol. The molecule has 2 atom stereocenters. The van der Waals surface area contributed by atoms with E-state index in [1.807, 2.05) is 19.9 Å². The van der Waals surface area contributed by atoms with Crippen molar-refractivity contribution < 1.29 is 19.2 Å². The van der Waals surface area contributed by atoms with Gasteiger partial charge in [-0.25, -0.2) is 4.79 Å².